The van der Waals surface area contributed by atoms with E-state index in [1.54, 1.807) is 0 Å². The van der Waals surface area contributed by atoms with Gasteiger partial charge in [0.25, 0.3) is 0 Å². The summed E-state index contributed by atoms with van der Waals surface area (Å²) >= 11 is 0. The van der Waals surface area contributed by atoms with Crippen molar-refractivity contribution in [3.8, 4) is 0 Å². The molecule has 2 N–H and O–H groups in total. The van der Waals surface area contributed by atoms with Crippen molar-refractivity contribution in [2.45, 2.75) is 44.2 Å². The number of carbonyl (C=O) groups is 2. The second-order valence-electron chi connectivity index (χ2n) is 7.29. The average molecular weight is 464 g/mol. The molecule has 0 heterocycles. The lowest BCUT2D eigenvalue weighted by Gasteiger charge is -2.42. The van der Waals surface area contributed by atoms with Gasteiger partial charge in [0.2, 0.25) is 11.8 Å². The Bertz CT molecular complexity index is 925. The van der Waals surface area contributed by atoms with E-state index in [1.165, 1.54) is 13.8 Å². The van der Waals surface area contributed by atoms with Crippen molar-refractivity contribution >= 4 is 23.2 Å². The summed E-state index contributed by atoms with van der Waals surface area (Å²) in [6, 6.07) is 8.21. The smallest absolute Gasteiger partial charge is 0.326 e. The molecule has 0 radical (unpaired) electrons. The fraction of sp³-hybridized carbons (Fsp3) is 0.333. The zero-order valence-electron chi connectivity index (χ0n) is 17.1. The van der Waals surface area contributed by atoms with Crippen molar-refractivity contribution in [1.29, 1.82) is 0 Å². The highest BCUT2D eigenvalue weighted by atomic mass is 19.4. The summed E-state index contributed by atoms with van der Waals surface area (Å²) in [5, 5.41) is 4.69. The van der Waals surface area contributed by atoms with Gasteiger partial charge in [0.05, 0.1) is 5.41 Å². The van der Waals surface area contributed by atoms with Gasteiger partial charge in [-0.25, -0.2) is 0 Å². The van der Waals surface area contributed by atoms with Gasteiger partial charge in [-0.3, -0.25) is 9.59 Å². The minimum atomic E-state index is -6.52. The molecule has 2 aromatic carbocycles. The van der Waals surface area contributed by atoms with E-state index in [4.69, 9.17) is 0 Å². The van der Waals surface area contributed by atoms with Crippen molar-refractivity contribution in [3.05, 3.63) is 59.7 Å². The van der Waals surface area contributed by atoms with Crippen LogP contribution in [0.25, 0.3) is 0 Å². The molecule has 2 amide bonds. The van der Waals surface area contributed by atoms with Crippen LogP contribution in [-0.2, 0) is 15.0 Å². The number of carbonyl (C=O) groups excluding carboxylic acids is 2. The van der Waals surface area contributed by atoms with Gasteiger partial charge in [-0.15, -0.1) is 0 Å². The summed E-state index contributed by atoms with van der Waals surface area (Å²) in [6.45, 7) is 2.92. The Kier molecular flexibility index (Phi) is 6.63. The third-order valence-electron chi connectivity index (χ3n) is 4.94. The second kappa shape index (κ2) is 8.44. The maximum absolute atomic E-state index is 15.1. The molecule has 0 unspecified atom stereocenters. The Morgan fingerprint density at radius 2 is 0.938 bits per heavy atom. The number of hydrogen-bond donors (Lipinski definition) is 2. The largest absolute Gasteiger partial charge is 0.459 e. The number of alkyl halides is 7. The van der Waals surface area contributed by atoms with Gasteiger partial charge in [0.1, 0.15) is 0 Å². The van der Waals surface area contributed by atoms with E-state index in [9.17, 15) is 31.5 Å². The number of nitrogens with one attached hydrogen (secondary N) is 2. The molecular formula is C21H19F7N2O2. The minimum absolute atomic E-state index is 0.135. The molecule has 0 aliphatic heterocycles. The highest BCUT2D eigenvalue weighted by Gasteiger charge is 2.78. The van der Waals surface area contributed by atoms with E-state index in [-0.39, 0.29) is 11.4 Å². The minimum Gasteiger partial charge on any atom is -0.326 e. The van der Waals surface area contributed by atoms with Crippen LogP contribution in [0.4, 0.5) is 42.1 Å². The Labute approximate surface area is 178 Å². The van der Waals surface area contributed by atoms with Crippen molar-refractivity contribution in [2.75, 3.05) is 10.6 Å². The van der Waals surface area contributed by atoms with E-state index in [0.717, 1.165) is 48.5 Å². The molecule has 0 spiro atoms. The quantitative estimate of drug-likeness (QED) is 0.536. The number of rotatable bonds is 6. The number of benzene rings is 2. The van der Waals surface area contributed by atoms with Gasteiger partial charge >= 0.3 is 18.0 Å². The van der Waals surface area contributed by atoms with E-state index >= 15 is 8.78 Å². The van der Waals surface area contributed by atoms with Crippen LogP contribution in [0.2, 0.25) is 0 Å². The molecular weight excluding hydrogens is 445 g/mol. The molecule has 32 heavy (non-hydrogen) atoms. The fourth-order valence-corrected chi connectivity index (χ4v) is 3.20. The molecule has 0 bridgehead atoms. The molecule has 0 aromatic heterocycles. The Morgan fingerprint density at radius 1 is 0.625 bits per heavy atom. The Balaban J connectivity index is 2.71. The van der Waals surface area contributed by atoms with Crippen LogP contribution in [0.1, 0.15) is 31.9 Å². The van der Waals surface area contributed by atoms with Gasteiger partial charge in [-0.1, -0.05) is 24.3 Å². The van der Waals surface area contributed by atoms with Gasteiger partial charge in [0.15, 0.2) is 0 Å². The van der Waals surface area contributed by atoms with Crippen molar-refractivity contribution in [3.63, 3.8) is 0 Å². The molecule has 4 nitrogen and oxygen atoms in total. The molecule has 0 fully saturated rings. The number of hydrogen-bond acceptors (Lipinski definition) is 2. The third-order valence-corrected chi connectivity index (χ3v) is 4.94. The van der Waals surface area contributed by atoms with Crippen molar-refractivity contribution in [2.24, 2.45) is 0 Å². The maximum Gasteiger partial charge on any atom is 0.459 e. The predicted molar refractivity (Wildman–Crippen MR) is 104 cm³/mol. The molecule has 0 atom stereocenters. The summed E-state index contributed by atoms with van der Waals surface area (Å²) in [7, 11) is 0. The lowest BCUT2D eigenvalue weighted by Crippen LogP contribution is -2.61. The monoisotopic (exact) mass is 464 g/mol. The van der Waals surface area contributed by atoms with Crippen LogP contribution in [0.5, 0.6) is 0 Å². The van der Waals surface area contributed by atoms with E-state index in [2.05, 4.69) is 10.6 Å². The van der Waals surface area contributed by atoms with Crippen molar-refractivity contribution in [1.82, 2.24) is 0 Å². The predicted octanol–water partition coefficient (Wildman–Crippen LogP) is 5.74. The Hall–Kier alpha value is -3.11. The number of halogens is 7. The van der Waals surface area contributed by atoms with Crippen LogP contribution in [0.3, 0.4) is 0 Å². The molecule has 0 aliphatic carbocycles. The van der Waals surface area contributed by atoms with Crippen LogP contribution in [0.15, 0.2) is 48.5 Å². The molecule has 0 saturated heterocycles. The fourth-order valence-electron chi connectivity index (χ4n) is 3.20. The summed E-state index contributed by atoms with van der Waals surface area (Å²) in [6.07, 6.45) is -6.52. The first kappa shape index (κ1) is 25.2. The molecule has 11 heteroatoms. The van der Waals surface area contributed by atoms with Crippen molar-refractivity contribution < 1.29 is 40.3 Å². The summed E-state index contributed by atoms with van der Waals surface area (Å²) in [5.74, 6) is -13.0. The van der Waals surface area contributed by atoms with Gasteiger partial charge in [0, 0.05) is 25.2 Å². The lowest BCUT2D eigenvalue weighted by molar-refractivity contribution is -0.365. The summed E-state index contributed by atoms with van der Waals surface area (Å²) in [4.78, 5) is 22.3. The molecule has 0 aliphatic rings. The third kappa shape index (κ3) is 4.42. The zero-order chi connectivity index (χ0) is 24.5. The van der Waals surface area contributed by atoms with Gasteiger partial charge in [-0.2, -0.15) is 30.7 Å². The molecule has 2 rings (SSSR count). The first-order valence-electron chi connectivity index (χ1n) is 9.12. The highest BCUT2D eigenvalue weighted by molar-refractivity contribution is 5.89. The molecule has 0 saturated carbocycles. The van der Waals surface area contributed by atoms with Crippen LogP contribution >= 0.6 is 0 Å². The first-order valence-corrected chi connectivity index (χ1v) is 9.12. The van der Waals surface area contributed by atoms with E-state index in [1.807, 2.05) is 0 Å². The highest BCUT2D eigenvalue weighted by Crippen LogP contribution is 2.57. The molecule has 2 aromatic rings. The second-order valence-corrected chi connectivity index (χ2v) is 7.29. The van der Waals surface area contributed by atoms with Gasteiger partial charge < -0.3 is 10.6 Å². The SMILES string of the molecule is CC(=O)Nc1ccc(C(C)(c2ccc(NC(C)=O)cc2)C(F)(F)C(F)(F)C(F)(F)F)cc1. The molecule has 174 valence electrons. The van der Waals surface area contributed by atoms with Gasteiger partial charge in [-0.05, 0) is 42.3 Å². The maximum atomic E-state index is 15.1. The zero-order valence-corrected chi connectivity index (χ0v) is 17.1. The summed E-state index contributed by atoms with van der Waals surface area (Å²) in [5.41, 5.74) is -3.97. The average Bonchev–Trinajstić information content (AvgIpc) is 2.66. The number of anilines is 2. The first-order chi connectivity index (χ1) is 14.5. The van der Waals surface area contributed by atoms with E-state index < -0.39 is 46.4 Å². The summed E-state index contributed by atoms with van der Waals surface area (Å²) < 4.78 is 97.4. The van der Waals surface area contributed by atoms with Crippen LogP contribution in [-0.4, -0.2) is 29.8 Å². The van der Waals surface area contributed by atoms with Crippen LogP contribution in [0, 0.1) is 0 Å². The van der Waals surface area contributed by atoms with Crippen LogP contribution < -0.4 is 10.6 Å². The Morgan fingerprint density at radius 3 is 1.19 bits per heavy atom. The lowest BCUT2D eigenvalue weighted by atomic mass is 9.69. The normalized spacial score (nSPS) is 12.9. The topological polar surface area (TPSA) is 58.2 Å². The standard InChI is InChI=1S/C21H19F7N2O2/c1-12(31)29-16-8-4-14(5-9-16)18(3,19(22,23)20(24,25)21(26,27)28)15-6-10-17(11-7-15)30-13(2)32/h4-11H,1-3H3,(H,29,31)(H,30,32). The number of amides is 2. The van der Waals surface area contributed by atoms with E-state index in [0.29, 0.717) is 6.92 Å².